The summed E-state index contributed by atoms with van der Waals surface area (Å²) in [5.74, 6) is 7.11. The third-order valence-corrected chi connectivity index (χ3v) is 17.4. The minimum Gasteiger partial charge on any atom is -0.497 e. The molecule has 5 nitrogen and oxygen atoms in total. The van der Waals surface area contributed by atoms with Crippen LogP contribution in [-0.2, 0) is 16.0 Å². The minimum absolute atomic E-state index is 0.373. The first kappa shape index (κ1) is 69.0. The van der Waals surface area contributed by atoms with Gasteiger partial charge in [-0.2, -0.15) is 0 Å². The highest BCUT2D eigenvalue weighted by Gasteiger charge is 2.65. The number of allylic oxidation sites excluding steroid dienone is 11. The van der Waals surface area contributed by atoms with Crippen molar-refractivity contribution in [3.05, 3.63) is 139 Å². The predicted octanol–water partition coefficient (Wildman–Crippen LogP) is 18.9. The monoisotopic (exact) mass is 1030 g/mol. The minimum atomic E-state index is -0.702. The van der Waals surface area contributed by atoms with Crippen molar-refractivity contribution < 1.29 is 24.5 Å². The van der Waals surface area contributed by atoms with E-state index >= 15 is 0 Å². The number of hydrogen-bond acceptors (Lipinski definition) is 5. The second-order valence-electron chi connectivity index (χ2n) is 25.1. The lowest BCUT2D eigenvalue weighted by Gasteiger charge is -2.19. The number of ether oxygens (including phenoxy) is 1. The molecular weight excluding hydrogens is 921 g/mol. The molecule has 4 saturated carbocycles. The van der Waals surface area contributed by atoms with E-state index in [0.29, 0.717) is 46.1 Å². The molecular formula is C70H112O5. The van der Waals surface area contributed by atoms with Crippen molar-refractivity contribution in [1.82, 2.24) is 0 Å². The van der Waals surface area contributed by atoms with Crippen molar-refractivity contribution in [2.75, 3.05) is 7.11 Å². The third kappa shape index (κ3) is 24.4. The Morgan fingerprint density at radius 2 is 1.04 bits per heavy atom. The first-order valence-electron chi connectivity index (χ1n) is 28.8. The van der Waals surface area contributed by atoms with Gasteiger partial charge in [-0.3, -0.25) is 9.59 Å². The number of fused-ring (bicyclic) bond motifs is 2. The summed E-state index contributed by atoms with van der Waals surface area (Å²) in [7, 11) is 1.67. The van der Waals surface area contributed by atoms with Crippen molar-refractivity contribution in [1.29, 1.82) is 0 Å². The zero-order valence-electron chi connectivity index (χ0n) is 51.2. The molecule has 422 valence electrons. The van der Waals surface area contributed by atoms with E-state index in [2.05, 4.69) is 154 Å². The standard InChI is InChI=1S/2C10H16O.C10H12O.2C10H18O.2C10H16/c2*1-6(2)10-4-8(10)7(3)9(11)5-10;1-3-4-9-5-7-10(11-2)8-6-9;2*1-5-10(4,11)8-6-7-9(2)3;2*1-8(2)10-6-4-9(3)5-7-10/h2*6-8H,4-5H2,1-3H3;3,5-8H,1,4H2,2H3;2*5,7,11H,1,6,8H2,2-4H3;2*4,10H,1,5-7H2,2-3H3/t7-,8+,10-;7-,8-,10+;;4*10-/m01.1010/s1. The highest BCUT2D eigenvalue weighted by Crippen LogP contribution is 2.69. The summed E-state index contributed by atoms with van der Waals surface area (Å²) in [6.45, 7) is 52.5. The van der Waals surface area contributed by atoms with Gasteiger partial charge < -0.3 is 14.9 Å². The molecule has 0 aromatic heterocycles. The molecule has 0 aliphatic heterocycles. The highest BCUT2D eigenvalue weighted by molar-refractivity contribution is 5.86. The molecule has 75 heavy (non-hydrogen) atoms. The second kappa shape index (κ2) is 32.6. The Kier molecular flexibility index (Phi) is 30.0. The van der Waals surface area contributed by atoms with E-state index in [1.54, 1.807) is 44.3 Å². The summed E-state index contributed by atoms with van der Waals surface area (Å²) >= 11 is 0. The lowest BCUT2D eigenvalue weighted by molar-refractivity contribution is -0.122. The molecule has 7 rings (SSSR count). The van der Waals surface area contributed by atoms with Crippen LogP contribution in [-0.4, -0.2) is 40.1 Å². The van der Waals surface area contributed by atoms with Crippen molar-refractivity contribution in [3.8, 4) is 5.75 Å². The molecule has 5 heteroatoms. The van der Waals surface area contributed by atoms with Crippen LogP contribution in [0.1, 0.15) is 206 Å². The first-order valence-corrected chi connectivity index (χ1v) is 28.8. The van der Waals surface area contributed by atoms with Gasteiger partial charge in [-0.15, -0.1) is 19.7 Å². The molecule has 6 aliphatic carbocycles. The van der Waals surface area contributed by atoms with E-state index in [4.69, 9.17) is 4.74 Å². The maximum Gasteiger partial charge on any atom is 0.136 e. The summed E-state index contributed by atoms with van der Waals surface area (Å²) in [4.78, 5) is 22.6. The van der Waals surface area contributed by atoms with E-state index in [9.17, 15) is 19.8 Å². The van der Waals surface area contributed by atoms with E-state index < -0.39 is 11.2 Å². The molecule has 1 aromatic rings. The Hall–Kier alpha value is -4.06. The average Bonchev–Trinajstić information content (AvgIpc) is 4.23. The molecule has 10 atom stereocenters. The van der Waals surface area contributed by atoms with Crippen LogP contribution in [0.4, 0.5) is 0 Å². The normalized spacial score (nSPS) is 26.8. The highest BCUT2D eigenvalue weighted by atomic mass is 16.5. The van der Waals surface area contributed by atoms with E-state index in [1.807, 2.05) is 30.3 Å². The topological polar surface area (TPSA) is 83.8 Å². The first-order chi connectivity index (χ1) is 34.9. The number of carbonyl (C=O) groups excluding carboxylic acids is 2. The number of Topliss-reactive ketones (excluding diaryl/α,β-unsaturated/α-hetero) is 2. The summed E-state index contributed by atoms with van der Waals surface area (Å²) in [6.07, 6.45) is 30.3. The number of methoxy groups -OCH3 is 1. The maximum atomic E-state index is 11.3. The third-order valence-electron chi connectivity index (χ3n) is 17.4. The largest absolute Gasteiger partial charge is 0.497 e. The Morgan fingerprint density at radius 1 is 0.680 bits per heavy atom. The number of rotatable bonds is 15. The fraction of sp³-hybridized carbons (Fsp3) is 0.629. The van der Waals surface area contributed by atoms with Crippen LogP contribution in [0.3, 0.4) is 0 Å². The van der Waals surface area contributed by atoms with Gasteiger partial charge in [0.1, 0.15) is 17.3 Å². The van der Waals surface area contributed by atoms with Gasteiger partial charge in [0.2, 0.25) is 0 Å². The zero-order chi connectivity index (χ0) is 57.5. The van der Waals surface area contributed by atoms with Crippen LogP contribution < -0.4 is 4.74 Å². The van der Waals surface area contributed by atoms with Gasteiger partial charge in [0, 0.05) is 24.7 Å². The molecule has 6 aliphatic rings. The smallest absolute Gasteiger partial charge is 0.136 e. The second-order valence-corrected chi connectivity index (χ2v) is 25.1. The molecule has 0 spiro atoms. The van der Waals surface area contributed by atoms with E-state index in [-0.39, 0.29) is 0 Å². The summed E-state index contributed by atoms with van der Waals surface area (Å²) in [6, 6.07) is 8.00. The number of aliphatic hydroxyl groups is 2. The van der Waals surface area contributed by atoms with Crippen molar-refractivity contribution in [3.63, 3.8) is 0 Å². The summed E-state index contributed by atoms with van der Waals surface area (Å²) < 4.78 is 5.02. The van der Waals surface area contributed by atoms with Crippen LogP contribution in [0, 0.1) is 58.2 Å². The van der Waals surface area contributed by atoms with Gasteiger partial charge in [0.25, 0.3) is 0 Å². The van der Waals surface area contributed by atoms with Crippen LogP contribution in [0.2, 0.25) is 0 Å². The Morgan fingerprint density at radius 3 is 1.25 bits per heavy atom. The van der Waals surface area contributed by atoms with Gasteiger partial charge in [0.15, 0.2) is 0 Å². The van der Waals surface area contributed by atoms with Gasteiger partial charge >= 0.3 is 0 Å². The molecule has 0 saturated heterocycles. The Balaban J connectivity index is 0.000000438. The van der Waals surface area contributed by atoms with E-state index in [1.165, 1.54) is 79.2 Å². The van der Waals surface area contributed by atoms with Crippen molar-refractivity contribution >= 4 is 11.6 Å². The predicted molar refractivity (Wildman–Crippen MR) is 326 cm³/mol. The summed E-state index contributed by atoms with van der Waals surface area (Å²) in [5.41, 5.74) is 9.17. The van der Waals surface area contributed by atoms with Crippen LogP contribution in [0.5, 0.6) is 5.75 Å². The lowest BCUT2D eigenvalue weighted by atomic mass is 9.86. The fourth-order valence-electron chi connectivity index (χ4n) is 10.9. The van der Waals surface area contributed by atoms with Crippen LogP contribution in [0.15, 0.2) is 133 Å². The molecule has 0 heterocycles. The Bertz CT molecular complexity index is 1980. The number of carbonyl (C=O) groups is 2. The number of ketones is 2. The van der Waals surface area contributed by atoms with Gasteiger partial charge in [-0.05, 0) is 217 Å². The molecule has 0 radical (unpaired) electrons. The van der Waals surface area contributed by atoms with Crippen LogP contribution in [0.25, 0.3) is 0 Å². The quantitative estimate of drug-likeness (QED) is 0.171. The van der Waals surface area contributed by atoms with Crippen molar-refractivity contribution in [2.24, 2.45) is 58.2 Å². The lowest BCUT2D eigenvalue weighted by Crippen LogP contribution is -2.19. The SMILES string of the molecule is C=C(C)[C@@H]1CC=C(C)CC1.C=C(C)[C@H]1CC=C(C)CC1.C=CCc1ccc(OC)cc1.C=C[C@@](C)(O)CCC=C(C)C.C=C[C@](C)(O)CCC=C(C)C.CC(C)[C@]12CC(=O)[C@@H](C)[C@H]1C2.CC(C)[C@]12CC(=O)[C@H](C)[C@H]1C2. The number of hydrogen-bond donors (Lipinski definition) is 2. The maximum absolute atomic E-state index is 11.3. The molecule has 0 amide bonds. The fourth-order valence-corrected chi connectivity index (χ4v) is 10.9. The summed E-state index contributed by atoms with van der Waals surface area (Å²) in [5, 5.41) is 19.0. The average molecular weight is 1030 g/mol. The van der Waals surface area contributed by atoms with Crippen LogP contribution >= 0.6 is 0 Å². The molecule has 1 aromatic carbocycles. The Labute approximate surface area is 462 Å². The van der Waals surface area contributed by atoms with Gasteiger partial charge in [-0.1, -0.05) is 143 Å². The van der Waals surface area contributed by atoms with Gasteiger partial charge in [-0.25, -0.2) is 0 Å². The van der Waals surface area contributed by atoms with E-state index in [0.717, 1.165) is 74.4 Å². The number of benzene rings is 1. The van der Waals surface area contributed by atoms with Crippen molar-refractivity contribution in [2.45, 2.75) is 218 Å². The molecule has 0 bridgehead atoms. The molecule has 0 unspecified atom stereocenters. The van der Waals surface area contributed by atoms with Gasteiger partial charge in [0.05, 0.1) is 18.3 Å². The molecule has 2 N–H and O–H groups in total. The molecule has 4 fully saturated rings. The zero-order valence-corrected chi connectivity index (χ0v) is 51.2.